The largest absolute Gasteiger partial charge is 0.396 e. The van der Waals surface area contributed by atoms with Crippen molar-refractivity contribution in [3.8, 4) is 0 Å². The second-order valence-electron chi connectivity index (χ2n) is 3.74. The molecule has 1 aromatic heterocycles. The molecule has 88 valence electrons. The van der Waals surface area contributed by atoms with E-state index in [1.54, 1.807) is 6.20 Å². The quantitative estimate of drug-likeness (QED) is 0.627. The Morgan fingerprint density at radius 2 is 2.25 bits per heavy atom. The number of unbranched alkanes of at least 4 members (excludes halogenated alkanes) is 1. The molecule has 5 heteroatoms. The summed E-state index contributed by atoms with van der Waals surface area (Å²) in [5.41, 5.74) is 12.6. The molecule has 5 N–H and O–H groups in total. The highest BCUT2D eigenvalue weighted by Crippen LogP contribution is 2.18. The van der Waals surface area contributed by atoms with Crippen LogP contribution in [0.1, 0.15) is 24.8 Å². The summed E-state index contributed by atoms with van der Waals surface area (Å²) in [6.45, 7) is 2.68. The first kappa shape index (κ1) is 12.3. The van der Waals surface area contributed by atoms with Crippen LogP contribution in [0.15, 0.2) is 12.3 Å². The van der Waals surface area contributed by atoms with Gasteiger partial charge in [-0.2, -0.15) is 0 Å². The number of nitrogens with zero attached hydrogens (tertiary/aromatic N) is 1. The second kappa shape index (κ2) is 5.95. The third-order valence-corrected chi connectivity index (χ3v) is 2.35. The SMILES string of the molecule is Cc1ccnc(NCCCCC(N)=O)c1N. The Morgan fingerprint density at radius 1 is 1.50 bits per heavy atom. The first-order valence-electron chi connectivity index (χ1n) is 5.34. The lowest BCUT2D eigenvalue weighted by molar-refractivity contribution is -0.118. The maximum Gasteiger partial charge on any atom is 0.217 e. The average Bonchev–Trinajstić information content (AvgIpc) is 2.23. The van der Waals surface area contributed by atoms with Gasteiger partial charge in [-0.05, 0) is 31.4 Å². The Balaban J connectivity index is 2.32. The van der Waals surface area contributed by atoms with E-state index < -0.39 is 0 Å². The van der Waals surface area contributed by atoms with Crippen molar-refractivity contribution in [1.82, 2.24) is 4.98 Å². The number of primary amides is 1. The zero-order chi connectivity index (χ0) is 12.0. The average molecular weight is 222 g/mol. The summed E-state index contributed by atoms with van der Waals surface area (Å²) >= 11 is 0. The Kier molecular flexibility index (Phi) is 4.57. The van der Waals surface area contributed by atoms with Gasteiger partial charge in [0, 0.05) is 19.2 Å². The standard InChI is InChI=1S/C11H18N4O/c1-8-5-7-15-11(10(8)13)14-6-3-2-4-9(12)16/h5,7H,2-4,6,13H2,1H3,(H2,12,16)(H,14,15). The summed E-state index contributed by atoms with van der Waals surface area (Å²) in [4.78, 5) is 14.6. The lowest BCUT2D eigenvalue weighted by Gasteiger charge is -2.09. The van der Waals surface area contributed by atoms with Crippen molar-refractivity contribution in [2.24, 2.45) is 5.73 Å². The number of hydrogen-bond acceptors (Lipinski definition) is 4. The molecule has 0 radical (unpaired) electrons. The van der Waals surface area contributed by atoms with Gasteiger partial charge in [-0.15, -0.1) is 0 Å². The molecule has 1 amide bonds. The van der Waals surface area contributed by atoms with Crippen molar-refractivity contribution in [1.29, 1.82) is 0 Å². The van der Waals surface area contributed by atoms with Gasteiger partial charge in [-0.25, -0.2) is 4.98 Å². The maximum atomic E-state index is 10.5. The molecule has 1 aromatic rings. The number of rotatable bonds is 6. The molecular formula is C11H18N4O. The van der Waals surface area contributed by atoms with Gasteiger partial charge < -0.3 is 16.8 Å². The van der Waals surface area contributed by atoms with Gasteiger partial charge in [0.1, 0.15) is 5.82 Å². The molecule has 0 atom stereocenters. The van der Waals surface area contributed by atoms with Crippen molar-refractivity contribution < 1.29 is 4.79 Å². The first-order valence-corrected chi connectivity index (χ1v) is 5.34. The fraction of sp³-hybridized carbons (Fsp3) is 0.455. The molecule has 0 aromatic carbocycles. The molecule has 0 aliphatic rings. The number of anilines is 2. The number of nitrogen functional groups attached to an aromatic ring is 1. The first-order chi connectivity index (χ1) is 7.61. The number of nitrogens with one attached hydrogen (secondary N) is 1. The number of nitrogens with two attached hydrogens (primary N) is 2. The van der Waals surface area contributed by atoms with Crippen LogP contribution in [-0.2, 0) is 4.79 Å². The van der Waals surface area contributed by atoms with E-state index in [1.807, 2.05) is 13.0 Å². The third kappa shape index (κ3) is 3.76. The van der Waals surface area contributed by atoms with Crippen LogP contribution in [0, 0.1) is 6.92 Å². The number of pyridine rings is 1. The molecule has 0 unspecified atom stereocenters. The molecule has 0 aliphatic heterocycles. The lowest BCUT2D eigenvalue weighted by atomic mass is 10.2. The molecule has 0 aliphatic carbocycles. The van der Waals surface area contributed by atoms with Gasteiger partial charge in [0.25, 0.3) is 0 Å². The Labute approximate surface area is 95.2 Å². The van der Waals surface area contributed by atoms with Crippen LogP contribution in [0.3, 0.4) is 0 Å². The summed E-state index contributed by atoms with van der Waals surface area (Å²) in [7, 11) is 0. The smallest absolute Gasteiger partial charge is 0.217 e. The zero-order valence-electron chi connectivity index (χ0n) is 9.49. The minimum Gasteiger partial charge on any atom is -0.396 e. The minimum atomic E-state index is -0.256. The van der Waals surface area contributed by atoms with Gasteiger partial charge in [0.05, 0.1) is 5.69 Å². The van der Waals surface area contributed by atoms with Crippen molar-refractivity contribution in [3.05, 3.63) is 17.8 Å². The van der Waals surface area contributed by atoms with E-state index in [4.69, 9.17) is 11.5 Å². The second-order valence-corrected chi connectivity index (χ2v) is 3.74. The highest BCUT2D eigenvalue weighted by molar-refractivity contribution is 5.73. The number of amides is 1. The Hall–Kier alpha value is -1.78. The number of aromatic nitrogens is 1. The van der Waals surface area contributed by atoms with Crippen molar-refractivity contribution in [2.45, 2.75) is 26.2 Å². The zero-order valence-corrected chi connectivity index (χ0v) is 9.49. The van der Waals surface area contributed by atoms with Crippen molar-refractivity contribution in [3.63, 3.8) is 0 Å². The summed E-state index contributed by atoms with van der Waals surface area (Å²) in [5, 5.41) is 3.14. The van der Waals surface area contributed by atoms with Crippen LogP contribution >= 0.6 is 0 Å². The highest BCUT2D eigenvalue weighted by atomic mass is 16.1. The van der Waals surface area contributed by atoms with Crippen LogP contribution in [0.5, 0.6) is 0 Å². The minimum absolute atomic E-state index is 0.256. The molecule has 0 bridgehead atoms. The molecule has 0 saturated carbocycles. The fourth-order valence-electron chi connectivity index (χ4n) is 1.34. The number of carbonyl (C=O) groups is 1. The van der Waals surface area contributed by atoms with Crippen LogP contribution in [0.2, 0.25) is 0 Å². The van der Waals surface area contributed by atoms with Crippen molar-refractivity contribution in [2.75, 3.05) is 17.6 Å². The van der Waals surface area contributed by atoms with Gasteiger partial charge in [0.2, 0.25) is 5.91 Å². The monoisotopic (exact) mass is 222 g/mol. The van der Waals surface area contributed by atoms with E-state index in [9.17, 15) is 4.79 Å². The molecular weight excluding hydrogens is 204 g/mol. The number of carbonyl (C=O) groups excluding carboxylic acids is 1. The maximum absolute atomic E-state index is 10.5. The highest BCUT2D eigenvalue weighted by Gasteiger charge is 2.01. The molecule has 5 nitrogen and oxygen atoms in total. The normalized spacial score (nSPS) is 10.1. The molecule has 16 heavy (non-hydrogen) atoms. The fourth-order valence-corrected chi connectivity index (χ4v) is 1.34. The Morgan fingerprint density at radius 3 is 2.94 bits per heavy atom. The van der Waals surface area contributed by atoms with E-state index in [0.717, 1.165) is 24.9 Å². The molecule has 0 fully saturated rings. The van der Waals surface area contributed by atoms with Crippen LogP contribution in [0.4, 0.5) is 11.5 Å². The number of hydrogen-bond donors (Lipinski definition) is 3. The van der Waals surface area contributed by atoms with E-state index in [0.29, 0.717) is 17.9 Å². The summed E-state index contributed by atoms with van der Waals surface area (Å²) in [6.07, 6.45) is 3.81. The summed E-state index contributed by atoms with van der Waals surface area (Å²) in [5.74, 6) is 0.451. The van der Waals surface area contributed by atoms with E-state index in [2.05, 4.69) is 10.3 Å². The van der Waals surface area contributed by atoms with E-state index in [-0.39, 0.29) is 5.91 Å². The molecule has 1 heterocycles. The predicted octanol–water partition coefficient (Wildman–Crippen LogP) is 1.04. The van der Waals surface area contributed by atoms with Gasteiger partial charge in [-0.1, -0.05) is 0 Å². The van der Waals surface area contributed by atoms with E-state index >= 15 is 0 Å². The topological polar surface area (TPSA) is 94.0 Å². The van der Waals surface area contributed by atoms with Crippen LogP contribution in [-0.4, -0.2) is 17.4 Å². The Bertz CT molecular complexity index is 365. The third-order valence-electron chi connectivity index (χ3n) is 2.35. The molecule has 0 saturated heterocycles. The number of aryl methyl sites for hydroxylation is 1. The van der Waals surface area contributed by atoms with Gasteiger partial charge in [-0.3, -0.25) is 4.79 Å². The lowest BCUT2D eigenvalue weighted by Crippen LogP contribution is -2.11. The summed E-state index contributed by atoms with van der Waals surface area (Å²) in [6, 6.07) is 1.87. The van der Waals surface area contributed by atoms with Crippen molar-refractivity contribution >= 4 is 17.4 Å². The van der Waals surface area contributed by atoms with Crippen LogP contribution in [0.25, 0.3) is 0 Å². The summed E-state index contributed by atoms with van der Waals surface area (Å²) < 4.78 is 0. The predicted molar refractivity (Wildman–Crippen MR) is 64.9 cm³/mol. The van der Waals surface area contributed by atoms with Crippen LogP contribution < -0.4 is 16.8 Å². The molecule has 0 spiro atoms. The molecule has 1 rings (SSSR count). The van der Waals surface area contributed by atoms with E-state index in [1.165, 1.54) is 0 Å². The van der Waals surface area contributed by atoms with Gasteiger partial charge >= 0.3 is 0 Å². The van der Waals surface area contributed by atoms with Gasteiger partial charge in [0.15, 0.2) is 0 Å².